The first-order chi connectivity index (χ1) is 11.2. The number of amides is 1. The van der Waals surface area contributed by atoms with E-state index in [0.717, 1.165) is 10.2 Å². The molecule has 0 unspecified atom stereocenters. The van der Waals surface area contributed by atoms with Crippen molar-refractivity contribution < 1.29 is 19.0 Å². The van der Waals surface area contributed by atoms with Crippen LogP contribution in [0, 0.1) is 0 Å². The van der Waals surface area contributed by atoms with Crippen molar-refractivity contribution in [3.05, 3.63) is 34.0 Å². The number of aryl methyl sites for hydroxylation is 1. The summed E-state index contributed by atoms with van der Waals surface area (Å²) in [5, 5.41) is 0.596. The van der Waals surface area contributed by atoms with Gasteiger partial charge in [0.2, 0.25) is 5.76 Å². The second-order valence-electron chi connectivity index (χ2n) is 4.67. The number of carbonyl (C=O) groups is 1. The second-order valence-corrected chi connectivity index (χ2v) is 6.06. The SMILES string of the molecule is CCn1c(=NC(=O)C2=COCCO2)sc2c(Cl)ccc(OC)c21. The van der Waals surface area contributed by atoms with E-state index in [9.17, 15) is 4.79 Å². The van der Waals surface area contributed by atoms with Crippen LogP contribution in [0.4, 0.5) is 0 Å². The first-order valence-electron chi connectivity index (χ1n) is 7.05. The van der Waals surface area contributed by atoms with Crippen molar-refractivity contribution in [1.82, 2.24) is 4.57 Å². The van der Waals surface area contributed by atoms with Crippen LogP contribution in [0.25, 0.3) is 10.2 Å². The molecular formula is C15H15ClN2O4S. The number of benzene rings is 1. The van der Waals surface area contributed by atoms with E-state index >= 15 is 0 Å². The molecule has 1 amide bonds. The first-order valence-corrected chi connectivity index (χ1v) is 8.24. The maximum Gasteiger partial charge on any atom is 0.317 e. The lowest BCUT2D eigenvalue weighted by atomic mass is 10.3. The molecule has 0 radical (unpaired) electrons. The van der Waals surface area contributed by atoms with Crippen LogP contribution in [0.1, 0.15) is 6.92 Å². The molecular weight excluding hydrogens is 340 g/mol. The number of aromatic nitrogens is 1. The smallest absolute Gasteiger partial charge is 0.317 e. The fourth-order valence-electron chi connectivity index (χ4n) is 2.29. The summed E-state index contributed by atoms with van der Waals surface area (Å²) in [5.41, 5.74) is 0.828. The van der Waals surface area contributed by atoms with Gasteiger partial charge in [-0.2, -0.15) is 4.99 Å². The molecule has 6 nitrogen and oxygen atoms in total. The van der Waals surface area contributed by atoms with Gasteiger partial charge in [-0.1, -0.05) is 22.9 Å². The quantitative estimate of drug-likeness (QED) is 0.850. The maximum atomic E-state index is 12.2. The summed E-state index contributed by atoms with van der Waals surface area (Å²) >= 11 is 7.61. The Morgan fingerprint density at radius 1 is 1.48 bits per heavy atom. The van der Waals surface area contributed by atoms with E-state index in [2.05, 4.69) is 4.99 Å². The fourth-order valence-corrected chi connectivity index (χ4v) is 3.67. The summed E-state index contributed by atoms with van der Waals surface area (Å²) in [7, 11) is 1.60. The van der Waals surface area contributed by atoms with Crippen molar-refractivity contribution >= 4 is 39.1 Å². The van der Waals surface area contributed by atoms with Crippen molar-refractivity contribution in [2.45, 2.75) is 13.5 Å². The van der Waals surface area contributed by atoms with Crippen LogP contribution in [0.3, 0.4) is 0 Å². The van der Waals surface area contributed by atoms with Gasteiger partial charge in [-0.15, -0.1) is 0 Å². The van der Waals surface area contributed by atoms with Gasteiger partial charge in [0.25, 0.3) is 0 Å². The molecule has 0 atom stereocenters. The number of ether oxygens (including phenoxy) is 3. The average Bonchev–Trinajstić information content (AvgIpc) is 2.95. The third kappa shape index (κ3) is 2.94. The van der Waals surface area contributed by atoms with Gasteiger partial charge in [-0.05, 0) is 19.1 Å². The zero-order valence-corrected chi connectivity index (χ0v) is 14.2. The highest BCUT2D eigenvalue weighted by atomic mass is 35.5. The van der Waals surface area contributed by atoms with Crippen LogP contribution in [0.2, 0.25) is 5.02 Å². The maximum absolute atomic E-state index is 12.2. The van der Waals surface area contributed by atoms with Crippen LogP contribution in [0.15, 0.2) is 29.1 Å². The van der Waals surface area contributed by atoms with Gasteiger partial charge in [-0.3, -0.25) is 4.79 Å². The minimum Gasteiger partial charge on any atom is -0.495 e. The molecule has 1 aliphatic rings. The normalized spacial score (nSPS) is 15.1. The molecule has 23 heavy (non-hydrogen) atoms. The summed E-state index contributed by atoms with van der Waals surface area (Å²) in [4.78, 5) is 16.9. The molecule has 0 N–H and O–H groups in total. The largest absolute Gasteiger partial charge is 0.495 e. The van der Waals surface area contributed by atoms with Gasteiger partial charge in [0.1, 0.15) is 30.7 Å². The zero-order valence-electron chi connectivity index (χ0n) is 12.7. The van der Waals surface area contributed by atoms with Gasteiger partial charge < -0.3 is 18.8 Å². The summed E-state index contributed by atoms with van der Waals surface area (Å²) in [6, 6.07) is 3.57. The highest BCUT2D eigenvalue weighted by molar-refractivity contribution is 7.17. The Kier molecular flexibility index (Phi) is 4.58. The van der Waals surface area contributed by atoms with E-state index in [4.69, 9.17) is 25.8 Å². The second kappa shape index (κ2) is 6.64. The topological polar surface area (TPSA) is 62.1 Å². The van der Waals surface area contributed by atoms with Gasteiger partial charge in [0.05, 0.1) is 16.8 Å². The number of carbonyl (C=O) groups excluding carboxylic acids is 1. The molecule has 2 aromatic rings. The zero-order chi connectivity index (χ0) is 16.4. The number of nitrogens with zero attached hydrogens (tertiary/aromatic N) is 2. The van der Waals surface area contributed by atoms with E-state index in [0.29, 0.717) is 35.3 Å². The summed E-state index contributed by atoms with van der Waals surface area (Å²) < 4.78 is 18.5. The molecule has 0 saturated heterocycles. The summed E-state index contributed by atoms with van der Waals surface area (Å²) in [6.07, 6.45) is 1.30. The van der Waals surface area contributed by atoms with E-state index in [1.54, 1.807) is 19.2 Å². The standard InChI is InChI=1S/C15H15ClN2O4S/c1-3-18-12-10(20-2)5-4-9(16)13(12)23-15(18)17-14(19)11-8-21-6-7-22-11/h4-5,8H,3,6-7H2,1-2H3. The monoisotopic (exact) mass is 354 g/mol. The van der Waals surface area contributed by atoms with Crippen LogP contribution >= 0.6 is 22.9 Å². The Bertz CT molecular complexity index is 853. The van der Waals surface area contributed by atoms with E-state index in [1.807, 2.05) is 11.5 Å². The lowest BCUT2D eigenvalue weighted by Gasteiger charge is -2.12. The highest BCUT2D eigenvalue weighted by Gasteiger charge is 2.17. The van der Waals surface area contributed by atoms with Crippen molar-refractivity contribution in [2.24, 2.45) is 4.99 Å². The van der Waals surface area contributed by atoms with E-state index in [-0.39, 0.29) is 5.76 Å². The van der Waals surface area contributed by atoms with Crippen LogP contribution < -0.4 is 9.54 Å². The van der Waals surface area contributed by atoms with E-state index < -0.39 is 5.91 Å². The van der Waals surface area contributed by atoms with Gasteiger partial charge >= 0.3 is 5.91 Å². The fraction of sp³-hybridized carbons (Fsp3) is 0.333. The average molecular weight is 355 g/mol. The van der Waals surface area contributed by atoms with Crippen LogP contribution in [-0.4, -0.2) is 30.8 Å². The Labute approximate surface area is 141 Å². The third-order valence-corrected chi connectivity index (χ3v) is 4.87. The minimum absolute atomic E-state index is 0.106. The molecule has 3 rings (SSSR count). The molecule has 0 spiro atoms. The van der Waals surface area contributed by atoms with Crippen molar-refractivity contribution in [2.75, 3.05) is 20.3 Å². The Morgan fingerprint density at radius 3 is 2.96 bits per heavy atom. The number of thiazole rings is 1. The minimum atomic E-state index is -0.478. The van der Waals surface area contributed by atoms with E-state index in [1.165, 1.54) is 17.6 Å². The molecule has 8 heteroatoms. The van der Waals surface area contributed by atoms with Crippen molar-refractivity contribution in [1.29, 1.82) is 0 Å². The molecule has 0 saturated carbocycles. The Morgan fingerprint density at radius 2 is 2.30 bits per heavy atom. The number of rotatable bonds is 3. The lowest BCUT2D eigenvalue weighted by Crippen LogP contribution is -2.19. The number of methoxy groups -OCH3 is 1. The van der Waals surface area contributed by atoms with Crippen LogP contribution in [-0.2, 0) is 20.8 Å². The first kappa shape index (κ1) is 15.9. The van der Waals surface area contributed by atoms with Crippen molar-refractivity contribution in [3.8, 4) is 5.75 Å². The predicted molar refractivity (Wildman–Crippen MR) is 87.6 cm³/mol. The lowest BCUT2D eigenvalue weighted by molar-refractivity contribution is -0.119. The number of hydrogen-bond acceptors (Lipinski definition) is 5. The summed E-state index contributed by atoms with van der Waals surface area (Å²) in [6.45, 7) is 3.36. The molecule has 0 fully saturated rings. The number of halogens is 1. The molecule has 2 heterocycles. The number of hydrogen-bond donors (Lipinski definition) is 0. The molecule has 1 aromatic carbocycles. The molecule has 1 aromatic heterocycles. The predicted octanol–water partition coefficient (Wildman–Crippen LogP) is 2.70. The van der Waals surface area contributed by atoms with Crippen molar-refractivity contribution in [3.63, 3.8) is 0 Å². The Balaban J connectivity index is 2.17. The Hall–Kier alpha value is -1.99. The van der Waals surface area contributed by atoms with Gasteiger partial charge in [0.15, 0.2) is 4.80 Å². The number of fused-ring (bicyclic) bond motifs is 1. The third-order valence-electron chi connectivity index (χ3n) is 3.33. The van der Waals surface area contributed by atoms with Crippen LogP contribution in [0.5, 0.6) is 5.75 Å². The summed E-state index contributed by atoms with van der Waals surface area (Å²) in [5.74, 6) is 0.316. The van der Waals surface area contributed by atoms with Gasteiger partial charge in [0, 0.05) is 6.54 Å². The molecule has 0 bridgehead atoms. The van der Waals surface area contributed by atoms with Gasteiger partial charge in [-0.25, -0.2) is 0 Å². The molecule has 0 aliphatic carbocycles. The molecule has 122 valence electrons. The molecule has 1 aliphatic heterocycles. The highest BCUT2D eigenvalue weighted by Crippen LogP contribution is 2.33.